The van der Waals surface area contributed by atoms with E-state index >= 15 is 0 Å². The van der Waals surface area contributed by atoms with Gasteiger partial charge < -0.3 is 0 Å². The third-order valence-electron chi connectivity index (χ3n) is 1.95. The van der Waals surface area contributed by atoms with Crippen LogP contribution in [0.2, 0.25) is 0 Å². The fourth-order valence-corrected chi connectivity index (χ4v) is 5.37. The van der Waals surface area contributed by atoms with Gasteiger partial charge in [-0.15, -0.1) is 0 Å². The molecule has 0 heterocycles. The van der Waals surface area contributed by atoms with Crippen molar-refractivity contribution in [2.24, 2.45) is 0 Å². The van der Waals surface area contributed by atoms with Gasteiger partial charge in [-0.05, 0) is 0 Å². The summed E-state index contributed by atoms with van der Waals surface area (Å²) in [7, 11) is 3.61. The van der Waals surface area contributed by atoms with Gasteiger partial charge in [0.05, 0.1) is 0 Å². The van der Waals surface area contributed by atoms with E-state index in [1.165, 1.54) is 18.5 Å². The average molecular weight is 366 g/mol. The van der Waals surface area contributed by atoms with Gasteiger partial charge >= 0.3 is 122 Å². The maximum absolute atomic E-state index is 2.62. The summed E-state index contributed by atoms with van der Waals surface area (Å²) in [4.78, 5) is 2.62. The number of benzene rings is 2. The second kappa shape index (κ2) is 6.26. The fraction of sp³-hybridized carbons (Fsp3) is 0. The van der Waals surface area contributed by atoms with Crippen LogP contribution in [0.4, 0.5) is 0 Å². The zero-order valence-corrected chi connectivity index (χ0v) is 13.7. The molecule has 2 aromatic carbocycles. The molecule has 0 aliphatic heterocycles. The zero-order valence-electron chi connectivity index (χ0n) is 8.33. The van der Waals surface area contributed by atoms with Gasteiger partial charge in [0, 0.05) is 0 Å². The molecular weight excluding hydrogens is 358 g/mol. The SMILES string of the molecule is [As]c1ccccc1SSc1ccccc1[As]. The Bertz CT molecular complexity index is 440. The summed E-state index contributed by atoms with van der Waals surface area (Å²) in [5.41, 5.74) is 0. The second-order valence-electron chi connectivity index (χ2n) is 3.10. The van der Waals surface area contributed by atoms with Gasteiger partial charge in [0.15, 0.2) is 0 Å². The van der Waals surface area contributed by atoms with Gasteiger partial charge in [0.2, 0.25) is 0 Å². The monoisotopic (exact) mass is 366 g/mol. The predicted octanol–water partition coefficient (Wildman–Crippen LogP) is 2.07. The Balaban J connectivity index is 2.09. The Morgan fingerprint density at radius 1 is 0.625 bits per heavy atom. The van der Waals surface area contributed by atoms with Crippen LogP contribution in [0.25, 0.3) is 0 Å². The molecule has 0 saturated heterocycles. The minimum absolute atomic E-state index is 1.27. The van der Waals surface area contributed by atoms with E-state index in [1.807, 2.05) is 0 Å². The molecule has 0 bridgehead atoms. The molecule has 0 nitrogen and oxygen atoms in total. The van der Waals surface area contributed by atoms with Crippen LogP contribution in [0.1, 0.15) is 0 Å². The molecule has 0 atom stereocenters. The van der Waals surface area contributed by atoms with E-state index in [-0.39, 0.29) is 0 Å². The van der Waals surface area contributed by atoms with Gasteiger partial charge in [-0.3, -0.25) is 0 Å². The van der Waals surface area contributed by atoms with Crippen molar-refractivity contribution >= 4 is 64.0 Å². The van der Waals surface area contributed by atoms with Gasteiger partial charge in [-0.1, -0.05) is 0 Å². The summed E-state index contributed by atoms with van der Waals surface area (Å²) in [5.74, 6) is 0. The van der Waals surface area contributed by atoms with E-state index in [9.17, 15) is 0 Å². The number of hydrogen-bond acceptors (Lipinski definition) is 2. The average Bonchev–Trinajstić information content (AvgIpc) is 2.30. The molecule has 0 aromatic heterocycles. The molecule has 2 rings (SSSR count). The van der Waals surface area contributed by atoms with Crippen molar-refractivity contribution in [3.05, 3.63) is 48.5 Å². The Morgan fingerprint density at radius 3 is 1.38 bits per heavy atom. The van der Waals surface area contributed by atoms with E-state index in [0.29, 0.717) is 0 Å². The first-order valence-corrected chi connectivity index (χ1v) is 8.70. The standard InChI is InChI=1S/C12H8As2S2/c13-9-5-1-3-7-11(9)15-16-12-8-4-2-6-10(12)14/h1-8H. The topological polar surface area (TPSA) is 0 Å². The molecule has 0 unspecified atom stereocenters. The van der Waals surface area contributed by atoms with Crippen molar-refractivity contribution in [3.63, 3.8) is 0 Å². The van der Waals surface area contributed by atoms with E-state index < -0.39 is 0 Å². The minimum atomic E-state index is 1.27. The molecule has 16 heavy (non-hydrogen) atoms. The van der Waals surface area contributed by atoms with Crippen molar-refractivity contribution < 1.29 is 0 Å². The third-order valence-corrected chi connectivity index (χ3v) is 6.73. The Labute approximate surface area is 121 Å². The molecule has 4 heteroatoms. The van der Waals surface area contributed by atoms with Gasteiger partial charge in [-0.25, -0.2) is 0 Å². The Morgan fingerprint density at radius 2 is 1.00 bits per heavy atom. The number of rotatable bonds is 3. The van der Waals surface area contributed by atoms with Crippen molar-refractivity contribution in [1.29, 1.82) is 0 Å². The van der Waals surface area contributed by atoms with Crippen molar-refractivity contribution in [2.75, 3.05) is 0 Å². The summed E-state index contributed by atoms with van der Waals surface area (Å²) in [6.45, 7) is 0. The van der Waals surface area contributed by atoms with Gasteiger partial charge in [0.25, 0.3) is 0 Å². The van der Waals surface area contributed by atoms with Crippen molar-refractivity contribution in [2.45, 2.75) is 9.79 Å². The van der Waals surface area contributed by atoms with Gasteiger partial charge in [-0.2, -0.15) is 0 Å². The van der Waals surface area contributed by atoms with E-state index in [4.69, 9.17) is 0 Å². The molecule has 0 spiro atoms. The van der Waals surface area contributed by atoms with Crippen LogP contribution in [0.3, 0.4) is 0 Å². The maximum atomic E-state index is 2.62. The Kier molecular flexibility index (Phi) is 4.97. The first-order chi connectivity index (χ1) is 7.77. The van der Waals surface area contributed by atoms with E-state index in [1.54, 1.807) is 21.6 Å². The van der Waals surface area contributed by atoms with Crippen LogP contribution in [-0.4, -0.2) is 33.7 Å². The molecule has 0 fully saturated rings. The molecule has 0 amide bonds. The molecule has 0 aliphatic carbocycles. The molecular formula is C12H8As2S2. The Hall–Kier alpha value is 0.257. The molecule has 0 N–H and O–H groups in total. The van der Waals surface area contributed by atoms with Crippen LogP contribution in [0.15, 0.2) is 58.3 Å². The number of hydrogen-bond donors (Lipinski definition) is 0. The quantitative estimate of drug-likeness (QED) is 0.603. The van der Waals surface area contributed by atoms with Crippen LogP contribution in [0.5, 0.6) is 0 Å². The molecule has 0 aliphatic rings. The third kappa shape index (κ3) is 3.37. The summed E-state index contributed by atoms with van der Waals surface area (Å²) in [6.07, 6.45) is 0. The molecule has 4 radical (unpaired) electrons. The van der Waals surface area contributed by atoms with Crippen LogP contribution in [-0.2, 0) is 0 Å². The second-order valence-corrected chi connectivity index (χ2v) is 7.34. The molecule has 78 valence electrons. The normalized spacial score (nSPS) is 10.4. The van der Waals surface area contributed by atoms with E-state index in [0.717, 1.165) is 0 Å². The predicted molar refractivity (Wildman–Crippen MR) is 75.4 cm³/mol. The van der Waals surface area contributed by atoms with Crippen molar-refractivity contribution in [1.82, 2.24) is 0 Å². The summed E-state index contributed by atoms with van der Waals surface area (Å²) in [5, 5.41) is 0. The summed E-state index contributed by atoms with van der Waals surface area (Å²) >= 11 is 5.23. The molecule has 0 saturated carbocycles. The summed E-state index contributed by atoms with van der Waals surface area (Å²) < 4.78 is 2.55. The molecule has 2 aromatic rings. The van der Waals surface area contributed by atoms with Crippen LogP contribution in [0, 0.1) is 0 Å². The first kappa shape index (κ1) is 12.7. The van der Waals surface area contributed by atoms with Gasteiger partial charge in [0.1, 0.15) is 0 Å². The first-order valence-electron chi connectivity index (χ1n) is 4.68. The zero-order chi connectivity index (χ0) is 11.4. The van der Waals surface area contributed by atoms with Crippen LogP contribution >= 0.6 is 21.6 Å². The van der Waals surface area contributed by atoms with Crippen LogP contribution < -0.4 is 8.70 Å². The fourth-order valence-electron chi connectivity index (χ4n) is 1.15. The van der Waals surface area contributed by atoms with E-state index in [2.05, 4.69) is 82.2 Å². The summed E-state index contributed by atoms with van der Waals surface area (Å²) in [6, 6.07) is 16.8. The van der Waals surface area contributed by atoms with Crippen molar-refractivity contribution in [3.8, 4) is 0 Å².